The molecule has 1 aromatic carbocycles. The van der Waals surface area contributed by atoms with E-state index in [0.29, 0.717) is 11.1 Å². The number of carbonyl (C=O) groups excluding carboxylic acids is 2. The van der Waals surface area contributed by atoms with E-state index in [9.17, 15) is 19.7 Å². The van der Waals surface area contributed by atoms with Gasteiger partial charge in [0.15, 0.2) is 0 Å². The third-order valence-corrected chi connectivity index (χ3v) is 3.24. The van der Waals surface area contributed by atoms with Crippen molar-refractivity contribution in [1.29, 1.82) is 0 Å². The van der Waals surface area contributed by atoms with Gasteiger partial charge in [-0.1, -0.05) is 12.1 Å². The highest BCUT2D eigenvalue weighted by molar-refractivity contribution is 5.96. The largest absolute Gasteiger partial charge is 0.461 e. The van der Waals surface area contributed by atoms with Gasteiger partial charge in [-0.15, -0.1) is 0 Å². The lowest BCUT2D eigenvalue weighted by molar-refractivity contribution is -0.384. The molecule has 8 heteroatoms. The number of nitrogens with one attached hydrogen (secondary N) is 2. The van der Waals surface area contributed by atoms with Gasteiger partial charge >= 0.3 is 12.0 Å². The topological polar surface area (TPSA) is 111 Å². The highest BCUT2D eigenvalue weighted by Crippen LogP contribution is 2.28. The molecule has 0 fully saturated rings. The lowest BCUT2D eigenvalue weighted by Crippen LogP contribution is -2.45. The van der Waals surface area contributed by atoms with Crippen LogP contribution in [0, 0.1) is 10.1 Å². The van der Waals surface area contributed by atoms with Crippen LogP contribution in [0.1, 0.15) is 25.5 Å². The fraction of sp³-hybridized carbons (Fsp3) is 0.286. The van der Waals surface area contributed by atoms with E-state index in [4.69, 9.17) is 4.74 Å². The molecule has 8 nitrogen and oxygen atoms in total. The lowest BCUT2D eigenvalue weighted by atomic mass is 9.96. The second-order valence-electron chi connectivity index (χ2n) is 4.66. The van der Waals surface area contributed by atoms with Gasteiger partial charge in [-0.2, -0.15) is 0 Å². The molecule has 116 valence electrons. The summed E-state index contributed by atoms with van der Waals surface area (Å²) in [5.74, 6) is -0.634. The predicted molar refractivity (Wildman–Crippen MR) is 76.8 cm³/mol. The molecule has 0 aromatic heterocycles. The number of nitro groups is 1. The summed E-state index contributed by atoms with van der Waals surface area (Å²) in [6.07, 6.45) is 0. The van der Waals surface area contributed by atoms with Crippen LogP contribution in [0.5, 0.6) is 0 Å². The number of ether oxygens (including phenoxy) is 1. The average molecular weight is 305 g/mol. The molecule has 1 aliphatic rings. The smallest absolute Gasteiger partial charge is 0.354 e. The highest BCUT2D eigenvalue weighted by atomic mass is 16.6. The Morgan fingerprint density at radius 2 is 2.18 bits per heavy atom. The molecule has 0 bridgehead atoms. The third-order valence-electron chi connectivity index (χ3n) is 3.24. The average Bonchev–Trinajstić information content (AvgIpc) is 2.49. The predicted octanol–water partition coefficient (Wildman–Crippen LogP) is 1.79. The molecule has 1 heterocycles. The van der Waals surface area contributed by atoms with Gasteiger partial charge < -0.3 is 15.4 Å². The van der Waals surface area contributed by atoms with Crippen LogP contribution in [0.3, 0.4) is 0 Å². The quantitative estimate of drug-likeness (QED) is 0.500. The Hall–Kier alpha value is -2.90. The summed E-state index contributed by atoms with van der Waals surface area (Å²) in [5, 5.41) is 15.9. The van der Waals surface area contributed by atoms with E-state index in [-0.39, 0.29) is 18.0 Å². The Morgan fingerprint density at radius 3 is 2.82 bits per heavy atom. The van der Waals surface area contributed by atoms with Crippen molar-refractivity contribution in [2.75, 3.05) is 6.61 Å². The first-order chi connectivity index (χ1) is 10.4. The van der Waals surface area contributed by atoms with Crippen LogP contribution in [0.25, 0.3) is 0 Å². The Bertz CT molecular complexity index is 668. The van der Waals surface area contributed by atoms with Crippen LogP contribution in [0.15, 0.2) is 35.5 Å². The molecule has 2 rings (SSSR count). The second-order valence-corrected chi connectivity index (χ2v) is 4.66. The van der Waals surface area contributed by atoms with Gasteiger partial charge in [-0.05, 0) is 25.0 Å². The van der Waals surface area contributed by atoms with Crippen molar-refractivity contribution in [3.8, 4) is 0 Å². The van der Waals surface area contributed by atoms with Gasteiger partial charge in [-0.25, -0.2) is 9.59 Å². The van der Waals surface area contributed by atoms with E-state index in [2.05, 4.69) is 10.6 Å². The monoisotopic (exact) mass is 305 g/mol. The Kier molecular flexibility index (Phi) is 4.40. The lowest BCUT2D eigenvalue weighted by Gasteiger charge is -2.27. The number of benzene rings is 1. The molecule has 0 spiro atoms. The zero-order chi connectivity index (χ0) is 16.3. The number of urea groups is 1. The maximum absolute atomic E-state index is 11.9. The minimum atomic E-state index is -0.634. The van der Waals surface area contributed by atoms with Gasteiger partial charge in [0.2, 0.25) is 0 Å². The number of non-ortho nitro benzene ring substituents is 1. The van der Waals surface area contributed by atoms with Crippen molar-refractivity contribution < 1.29 is 19.2 Å². The summed E-state index contributed by atoms with van der Waals surface area (Å²) in [6, 6.07) is 4.70. The molecular formula is C14H15N3O5. The fourth-order valence-corrected chi connectivity index (χ4v) is 2.20. The van der Waals surface area contributed by atoms with Crippen LogP contribution in [0.2, 0.25) is 0 Å². The van der Waals surface area contributed by atoms with E-state index in [0.717, 1.165) is 0 Å². The zero-order valence-electron chi connectivity index (χ0n) is 12.1. The fourth-order valence-electron chi connectivity index (χ4n) is 2.20. The van der Waals surface area contributed by atoms with E-state index in [1.165, 1.54) is 18.2 Å². The van der Waals surface area contributed by atoms with Crippen LogP contribution in [0.4, 0.5) is 10.5 Å². The van der Waals surface area contributed by atoms with E-state index < -0.39 is 23.0 Å². The number of nitro benzene ring substituents is 1. The van der Waals surface area contributed by atoms with Crippen LogP contribution in [-0.2, 0) is 9.53 Å². The second kappa shape index (κ2) is 6.25. The number of nitrogens with zero attached hydrogens (tertiary/aromatic N) is 1. The Balaban J connectivity index is 2.43. The van der Waals surface area contributed by atoms with Crippen LogP contribution >= 0.6 is 0 Å². The van der Waals surface area contributed by atoms with Crippen molar-refractivity contribution in [2.45, 2.75) is 19.9 Å². The summed E-state index contributed by atoms with van der Waals surface area (Å²) < 4.78 is 4.90. The van der Waals surface area contributed by atoms with E-state index in [1.807, 2.05) is 0 Å². The number of hydrogen-bond acceptors (Lipinski definition) is 5. The van der Waals surface area contributed by atoms with Crippen molar-refractivity contribution in [1.82, 2.24) is 10.6 Å². The maximum Gasteiger partial charge on any atom is 0.354 e. The van der Waals surface area contributed by atoms with Gasteiger partial charge in [0, 0.05) is 12.1 Å². The first-order valence-electron chi connectivity index (χ1n) is 6.63. The van der Waals surface area contributed by atoms with Crippen LogP contribution < -0.4 is 10.6 Å². The van der Waals surface area contributed by atoms with Gasteiger partial charge in [0.05, 0.1) is 17.6 Å². The summed E-state index contributed by atoms with van der Waals surface area (Å²) in [7, 11) is 0. The molecule has 2 N–H and O–H groups in total. The summed E-state index contributed by atoms with van der Waals surface area (Å²) in [6.45, 7) is 3.50. The normalized spacial score (nSPS) is 17.5. The minimum absolute atomic E-state index is 0.0575. The standard InChI is InChI=1S/C14H15N3O5/c1-3-22-13(18)12-8(2)11(15-14(19)16-12)9-5-4-6-10(7-9)17(20)21/h4-7,11H,3H2,1-2H3,(H2,15,16,19)/t11-/m1/s1. The molecule has 1 atom stereocenters. The molecule has 0 aliphatic carbocycles. The molecule has 0 saturated heterocycles. The van der Waals surface area contributed by atoms with Crippen molar-refractivity contribution in [3.63, 3.8) is 0 Å². The third kappa shape index (κ3) is 3.05. The first kappa shape index (κ1) is 15.5. The number of rotatable bonds is 4. The first-order valence-corrected chi connectivity index (χ1v) is 6.63. The van der Waals surface area contributed by atoms with Gasteiger partial charge in [0.1, 0.15) is 5.70 Å². The summed E-state index contributed by atoms with van der Waals surface area (Å²) in [5.41, 5.74) is 1.01. The van der Waals surface area contributed by atoms with Crippen molar-refractivity contribution in [3.05, 3.63) is 51.2 Å². The van der Waals surface area contributed by atoms with Crippen molar-refractivity contribution in [2.24, 2.45) is 0 Å². The van der Waals surface area contributed by atoms with Crippen molar-refractivity contribution >= 4 is 17.7 Å². The molecule has 1 aromatic rings. The number of amides is 2. The molecule has 0 radical (unpaired) electrons. The van der Waals surface area contributed by atoms with Gasteiger partial charge in [0.25, 0.3) is 5.69 Å². The summed E-state index contributed by atoms with van der Waals surface area (Å²) >= 11 is 0. The van der Waals surface area contributed by atoms with Gasteiger partial charge in [-0.3, -0.25) is 10.1 Å². The maximum atomic E-state index is 11.9. The highest BCUT2D eigenvalue weighted by Gasteiger charge is 2.30. The molecule has 1 aliphatic heterocycles. The summed E-state index contributed by atoms with van der Waals surface area (Å²) in [4.78, 5) is 34.0. The van der Waals surface area contributed by atoms with E-state index >= 15 is 0 Å². The zero-order valence-corrected chi connectivity index (χ0v) is 12.1. The Labute approximate surface area is 126 Å². The van der Waals surface area contributed by atoms with Crippen LogP contribution in [-0.4, -0.2) is 23.5 Å². The molecule has 2 amide bonds. The molecule has 0 unspecified atom stereocenters. The number of esters is 1. The molecular weight excluding hydrogens is 290 g/mol. The number of carbonyl (C=O) groups is 2. The number of hydrogen-bond donors (Lipinski definition) is 2. The molecule has 22 heavy (non-hydrogen) atoms. The van der Waals surface area contributed by atoms with E-state index in [1.54, 1.807) is 19.9 Å². The molecule has 0 saturated carbocycles. The Morgan fingerprint density at radius 1 is 1.45 bits per heavy atom. The SMILES string of the molecule is CCOC(=O)C1=C(C)[C@H](c2cccc([N+](=O)[O-])c2)NC(=O)N1. The minimum Gasteiger partial charge on any atom is -0.461 e.